The van der Waals surface area contributed by atoms with Crippen molar-refractivity contribution in [1.82, 2.24) is 4.31 Å². The third-order valence-corrected chi connectivity index (χ3v) is 6.07. The lowest BCUT2D eigenvalue weighted by atomic mass is 10.0. The monoisotopic (exact) mass is 279 g/mol. The van der Waals surface area contributed by atoms with Crippen molar-refractivity contribution in [2.45, 2.75) is 25.2 Å². The lowest BCUT2D eigenvalue weighted by Gasteiger charge is -2.29. The van der Waals surface area contributed by atoms with E-state index < -0.39 is 10.0 Å². The number of rotatable bonds is 2. The van der Waals surface area contributed by atoms with Crippen LogP contribution in [0.4, 0.5) is 0 Å². The third-order valence-electron chi connectivity index (χ3n) is 4.27. The minimum atomic E-state index is -3.54. The van der Waals surface area contributed by atoms with Gasteiger partial charge in [0.15, 0.2) is 5.78 Å². The van der Waals surface area contributed by atoms with Crippen LogP contribution < -0.4 is 0 Å². The number of sulfonamides is 1. The number of hydrogen-bond acceptors (Lipinski definition) is 3. The number of piperidine rings is 1. The highest BCUT2D eigenvalue weighted by atomic mass is 32.2. The predicted octanol–water partition coefficient (Wildman–Crippen LogP) is 1.59. The molecule has 2 aliphatic rings. The zero-order valence-corrected chi connectivity index (χ0v) is 11.9. The highest BCUT2D eigenvalue weighted by Crippen LogP contribution is 2.55. The average molecular weight is 279 g/mol. The van der Waals surface area contributed by atoms with Gasteiger partial charge in [-0.3, -0.25) is 4.79 Å². The first kappa shape index (κ1) is 12.8. The van der Waals surface area contributed by atoms with Crippen LogP contribution in [0, 0.1) is 18.3 Å². The zero-order chi connectivity index (χ0) is 13.8. The Hall–Kier alpha value is -1.20. The van der Waals surface area contributed by atoms with Gasteiger partial charge in [-0.25, -0.2) is 8.42 Å². The molecule has 19 heavy (non-hydrogen) atoms. The van der Waals surface area contributed by atoms with Crippen LogP contribution in [0.25, 0.3) is 0 Å². The lowest BCUT2D eigenvalue weighted by Crippen LogP contribution is -2.44. The van der Waals surface area contributed by atoms with Crippen LogP contribution in [0.3, 0.4) is 0 Å². The number of carbonyl (C=O) groups is 1. The van der Waals surface area contributed by atoms with Gasteiger partial charge in [0.25, 0.3) is 0 Å². The third kappa shape index (κ3) is 2.01. The molecule has 102 valence electrons. The molecule has 1 saturated heterocycles. The summed E-state index contributed by atoms with van der Waals surface area (Å²) >= 11 is 0. The summed E-state index contributed by atoms with van der Waals surface area (Å²) in [5, 5.41) is 0. The fourth-order valence-corrected chi connectivity index (χ4v) is 4.40. The first-order chi connectivity index (χ1) is 8.83. The SMILES string of the molecule is Cc1ccc(S(=O)(=O)N2CC(=O)[C@H]3C[C@@]3(C)C2)cc1. The van der Waals surface area contributed by atoms with Crippen molar-refractivity contribution in [1.29, 1.82) is 0 Å². The molecule has 0 aromatic heterocycles. The fraction of sp³-hybridized carbons (Fsp3) is 0.500. The van der Waals surface area contributed by atoms with E-state index in [-0.39, 0.29) is 28.6 Å². The molecular weight excluding hydrogens is 262 g/mol. The summed E-state index contributed by atoms with van der Waals surface area (Å²) in [5.41, 5.74) is 0.885. The Morgan fingerprint density at radius 1 is 1.26 bits per heavy atom. The maximum atomic E-state index is 12.5. The Morgan fingerprint density at radius 2 is 1.89 bits per heavy atom. The second-order valence-electron chi connectivity index (χ2n) is 5.96. The zero-order valence-electron chi connectivity index (χ0n) is 11.1. The van der Waals surface area contributed by atoms with E-state index in [1.807, 2.05) is 13.8 Å². The Kier molecular flexibility index (Phi) is 2.63. The van der Waals surface area contributed by atoms with Crippen molar-refractivity contribution in [3.05, 3.63) is 29.8 Å². The number of Topliss-reactive ketones (excluding diaryl/α,β-unsaturated/α-hetero) is 1. The highest BCUT2D eigenvalue weighted by molar-refractivity contribution is 7.89. The Balaban J connectivity index is 1.92. The van der Waals surface area contributed by atoms with Gasteiger partial charge in [0.2, 0.25) is 10.0 Å². The standard InChI is InChI=1S/C14H17NO3S/c1-10-3-5-11(6-4-10)19(17,18)15-8-13(16)12-7-14(12,2)9-15/h3-6,12H,7-9H2,1-2H3/t12-,14+/m1/s1. The van der Waals surface area contributed by atoms with Crippen LogP contribution in [0.5, 0.6) is 0 Å². The summed E-state index contributed by atoms with van der Waals surface area (Å²) < 4.78 is 26.4. The minimum Gasteiger partial charge on any atom is -0.298 e. The molecule has 0 radical (unpaired) electrons. The van der Waals surface area contributed by atoms with E-state index in [2.05, 4.69) is 0 Å². The molecule has 0 bridgehead atoms. The maximum absolute atomic E-state index is 12.5. The van der Waals surface area contributed by atoms with Gasteiger partial charge in [-0.15, -0.1) is 0 Å². The van der Waals surface area contributed by atoms with Crippen LogP contribution in [0.2, 0.25) is 0 Å². The van der Waals surface area contributed by atoms with Gasteiger partial charge in [0.05, 0.1) is 11.4 Å². The van der Waals surface area contributed by atoms with Crippen molar-refractivity contribution in [3.63, 3.8) is 0 Å². The number of nitrogens with zero attached hydrogens (tertiary/aromatic N) is 1. The number of hydrogen-bond donors (Lipinski definition) is 0. The summed E-state index contributed by atoms with van der Waals surface area (Å²) in [6, 6.07) is 6.77. The molecule has 0 unspecified atom stereocenters. The molecule has 4 nitrogen and oxygen atoms in total. The number of benzene rings is 1. The van der Waals surface area contributed by atoms with E-state index in [0.717, 1.165) is 12.0 Å². The molecule has 2 fully saturated rings. The van der Waals surface area contributed by atoms with Gasteiger partial charge in [0.1, 0.15) is 0 Å². The maximum Gasteiger partial charge on any atom is 0.243 e. The second-order valence-corrected chi connectivity index (χ2v) is 7.90. The predicted molar refractivity (Wildman–Crippen MR) is 71.2 cm³/mol. The molecule has 0 N–H and O–H groups in total. The van der Waals surface area contributed by atoms with Crippen LogP contribution in [0.15, 0.2) is 29.2 Å². The first-order valence-corrected chi connectivity index (χ1v) is 7.86. The van der Waals surface area contributed by atoms with E-state index in [0.29, 0.717) is 6.54 Å². The van der Waals surface area contributed by atoms with Gasteiger partial charge in [-0.2, -0.15) is 4.31 Å². The summed E-state index contributed by atoms with van der Waals surface area (Å²) in [6.07, 6.45) is 0.825. The smallest absolute Gasteiger partial charge is 0.243 e. The van der Waals surface area contributed by atoms with Gasteiger partial charge < -0.3 is 0 Å². The van der Waals surface area contributed by atoms with E-state index in [1.54, 1.807) is 24.3 Å². The molecule has 1 heterocycles. The van der Waals surface area contributed by atoms with Gasteiger partial charge in [0, 0.05) is 12.5 Å². The molecular formula is C14H17NO3S. The Bertz CT molecular complexity index is 635. The van der Waals surface area contributed by atoms with Crippen LogP contribution in [-0.2, 0) is 14.8 Å². The summed E-state index contributed by atoms with van der Waals surface area (Å²) in [4.78, 5) is 12.1. The molecule has 1 aromatic rings. The summed E-state index contributed by atoms with van der Waals surface area (Å²) in [5.74, 6) is 0.140. The fourth-order valence-electron chi connectivity index (χ4n) is 2.86. The minimum absolute atomic E-state index is 0.0243. The number of carbonyl (C=O) groups excluding carboxylic acids is 1. The van der Waals surface area contributed by atoms with Crippen molar-refractivity contribution in [3.8, 4) is 0 Å². The highest BCUT2D eigenvalue weighted by Gasteiger charge is 2.59. The quantitative estimate of drug-likeness (QED) is 0.826. The van der Waals surface area contributed by atoms with Crippen LogP contribution >= 0.6 is 0 Å². The van der Waals surface area contributed by atoms with Gasteiger partial charge in [-0.1, -0.05) is 24.6 Å². The van der Waals surface area contributed by atoms with Crippen molar-refractivity contribution < 1.29 is 13.2 Å². The van der Waals surface area contributed by atoms with Crippen LogP contribution in [0.1, 0.15) is 18.9 Å². The van der Waals surface area contributed by atoms with Crippen molar-refractivity contribution in [2.75, 3.05) is 13.1 Å². The number of ketones is 1. The molecule has 0 amide bonds. The molecule has 3 rings (SSSR count). The molecule has 1 aliphatic carbocycles. The average Bonchev–Trinajstić information content (AvgIpc) is 3.02. The largest absolute Gasteiger partial charge is 0.298 e. The number of aryl methyl sites for hydroxylation is 1. The molecule has 0 spiro atoms. The van der Waals surface area contributed by atoms with Crippen molar-refractivity contribution in [2.24, 2.45) is 11.3 Å². The lowest BCUT2D eigenvalue weighted by molar-refractivity contribution is -0.122. The topological polar surface area (TPSA) is 54.5 Å². The van der Waals surface area contributed by atoms with E-state index in [9.17, 15) is 13.2 Å². The van der Waals surface area contributed by atoms with E-state index in [1.165, 1.54) is 4.31 Å². The first-order valence-electron chi connectivity index (χ1n) is 6.42. The summed E-state index contributed by atoms with van der Waals surface area (Å²) in [6.45, 7) is 4.39. The molecule has 1 aliphatic heterocycles. The molecule has 5 heteroatoms. The summed E-state index contributed by atoms with van der Waals surface area (Å²) in [7, 11) is -3.54. The molecule has 1 saturated carbocycles. The normalized spacial score (nSPS) is 31.1. The van der Waals surface area contributed by atoms with Gasteiger partial charge >= 0.3 is 0 Å². The Morgan fingerprint density at radius 3 is 2.47 bits per heavy atom. The van der Waals surface area contributed by atoms with E-state index in [4.69, 9.17) is 0 Å². The van der Waals surface area contributed by atoms with Crippen molar-refractivity contribution >= 4 is 15.8 Å². The molecule has 2 atom stereocenters. The Labute approximate surface area is 113 Å². The van der Waals surface area contributed by atoms with Crippen LogP contribution in [-0.4, -0.2) is 31.6 Å². The number of fused-ring (bicyclic) bond motifs is 1. The van der Waals surface area contributed by atoms with Gasteiger partial charge in [-0.05, 0) is 30.9 Å². The van der Waals surface area contributed by atoms with E-state index >= 15 is 0 Å². The molecule has 1 aromatic carbocycles. The second kappa shape index (κ2) is 3.90.